The lowest BCUT2D eigenvalue weighted by atomic mass is 10.1. The van der Waals surface area contributed by atoms with Crippen molar-refractivity contribution in [2.24, 2.45) is 15.1 Å². The molecular weight excluding hydrogens is 380 g/mol. The van der Waals surface area contributed by atoms with Crippen LogP contribution in [0.3, 0.4) is 0 Å². The molecule has 2 fully saturated rings. The van der Waals surface area contributed by atoms with Crippen LogP contribution in [0.15, 0.2) is 37.8 Å². The Morgan fingerprint density at radius 1 is 1.16 bits per heavy atom. The maximum atomic E-state index is 5.00. The second kappa shape index (κ2) is 5.92. The maximum absolute atomic E-state index is 5.00. The van der Waals surface area contributed by atoms with Crippen molar-refractivity contribution in [3.8, 4) is 0 Å². The number of halogens is 1. The summed E-state index contributed by atoms with van der Waals surface area (Å²) in [7, 11) is 0. The molecule has 25 heavy (non-hydrogen) atoms. The fourth-order valence-corrected chi connectivity index (χ4v) is 4.50. The Kier molecular flexibility index (Phi) is 3.67. The number of amidine groups is 2. The van der Waals surface area contributed by atoms with Crippen molar-refractivity contribution in [2.45, 2.75) is 31.8 Å². The largest absolute Gasteiger partial charge is 0.351 e. The minimum absolute atomic E-state index is 0.0814. The highest BCUT2D eigenvalue weighted by Gasteiger charge is 2.37. The van der Waals surface area contributed by atoms with Gasteiger partial charge in [-0.1, -0.05) is 15.9 Å². The Morgan fingerprint density at radius 2 is 2.08 bits per heavy atom. The summed E-state index contributed by atoms with van der Waals surface area (Å²) in [4.78, 5) is 14.9. The molecule has 0 aliphatic carbocycles. The van der Waals surface area contributed by atoms with Crippen molar-refractivity contribution in [2.75, 3.05) is 31.2 Å². The average molecular weight is 401 g/mol. The maximum Gasteiger partial charge on any atom is 0.193 e. The fraction of sp³-hybridized carbons (Fsp3) is 0.500. The van der Waals surface area contributed by atoms with Gasteiger partial charge in [-0.05, 0) is 44.5 Å². The number of hydrazone groups is 1. The molecule has 130 valence electrons. The number of benzene rings is 1. The molecule has 0 bridgehead atoms. The van der Waals surface area contributed by atoms with Gasteiger partial charge in [0.05, 0.1) is 17.4 Å². The van der Waals surface area contributed by atoms with Crippen LogP contribution in [0, 0.1) is 0 Å². The van der Waals surface area contributed by atoms with Crippen molar-refractivity contribution in [1.29, 1.82) is 0 Å². The highest BCUT2D eigenvalue weighted by Crippen LogP contribution is 2.37. The van der Waals surface area contributed by atoms with Gasteiger partial charge in [-0.15, -0.1) is 0 Å². The summed E-state index contributed by atoms with van der Waals surface area (Å²) in [6.07, 6.45) is 4.50. The first-order chi connectivity index (χ1) is 12.2. The van der Waals surface area contributed by atoms with Crippen LogP contribution in [-0.2, 0) is 0 Å². The summed E-state index contributed by atoms with van der Waals surface area (Å²) in [6, 6.07) is 6.88. The van der Waals surface area contributed by atoms with E-state index in [0.717, 1.165) is 47.2 Å². The second-order valence-corrected chi connectivity index (χ2v) is 8.03. The van der Waals surface area contributed by atoms with Gasteiger partial charge >= 0.3 is 0 Å². The van der Waals surface area contributed by atoms with Crippen LogP contribution in [0.25, 0.3) is 0 Å². The number of fused-ring (bicyclic) bond motifs is 4. The van der Waals surface area contributed by atoms with Gasteiger partial charge in [0.2, 0.25) is 0 Å². The molecule has 4 heterocycles. The molecule has 0 aromatic heterocycles. The van der Waals surface area contributed by atoms with Crippen LogP contribution in [0.4, 0.5) is 11.4 Å². The van der Waals surface area contributed by atoms with Crippen molar-refractivity contribution in [1.82, 2.24) is 9.80 Å². The van der Waals surface area contributed by atoms with Crippen LogP contribution in [0.2, 0.25) is 0 Å². The highest BCUT2D eigenvalue weighted by molar-refractivity contribution is 9.10. The van der Waals surface area contributed by atoms with Crippen molar-refractivity contribution in [3.05, 3.63) is 22.7 Å². The van der Waals surface area contributed by atoms with E-state index in [2.05, 4.69) is 49.9 Å². The third-order valence-electron chi connectivity index (χ3n) is 5.40. The standard InChI is InChI=1S/C18H21BrN6/c1-12-10-20-25-16-9-13(19)4-5-15(16)22-17(18(25)21-12)24-8-7-23-6-2-3-14(23)11-24/h4-5,9-10,12,14H,2-3,6-8,11H2,1H3. The minimum atomic E-state index is 0.0814. The van der Waals surface area contributed by atoms with E-state index in [1.165, 1.54) is 19.4 Å². The van der Waals surface area contributed by atoms with Crippen LogP contribution in [0.5, 0.6) is 0 Å². The summed E-state index contributed by atoms with van der Waals surface area (Å²) in [6.45, 7) is 6.47. The van der Waals surface area contributed by atoms with Crippen molar-refractivity contribution >= 4 is 45.2 Å². The molecule has 4 aliphatic rings. The summed E-state index contributed by atoms with van der Waals surface area (Å²) in [5, 5.41) is 6.61. The molecule has 7 heteroatoms. The van der Waals surface area contributed by atoms with Gasteiger partial charge in [0.1, 0.15) is 0 Å². The summed E-state index contributed by atoms with van der Waals surface area (Å²) >= 11 is 3.56. The van der Waals surface area contributed by atoms with E-state index in [1.54, 1.807) is 0 Å². The lowest BCUT2D eigenvalue weighted by Gasteiger charge is -2.41. The molecule has 1 aromatic rings. The Balaban J connectivity index is 1.56. The van der Waals surface area contributed by atoms with Crippen LogP contribution in [0.1, 0.15) is 19.8 Å². The SMILES string of the molecule is CC1C=NN2C(=N1)C(N1CCN3CCCC3C1)=Nc1ccc(Br)cc12. The lowest BCUT2D eigenvalue weighted by molar-refractivity contribution is 0.153. The number of rotatable bonds is 0. The molecule has 0 N–H and O–H groups in total. The Labute approximate surface area is 156 Å². The normalized spacial score (nSPS) is 28.2. The van der Waals surface area contributed by atoms with Gasteiger partial charge in [0.25, 0.3) is 0 Å². The molecule has 2 saturated heterocycles. The molecule has 0 amide bonds. The van der Waals surface area contributed by atoms with Crippen molar-refractivity contribution in [3.63, 3.8) is 0 Å². The van der Waals surface area contributed by atoms with E-state index in [0.29, 0.717) is 6.04 Å². The first-order valence-electron chi connectivity index (χ1n) is 8.99. The molecule has 5 rings (SSSR count). The Morgan fingerprint density at radius 3 is 3.00 bits per heavy atom. The number of piperazine rings is 1. The van der Waals surface area contributed by atoms with Crippen LogP contribution < -0.4 is 5.01 Å². The number of anilines is 1. The smallest absolute Gasteiger partial charge is 0.193 e. The molecule has 4 aliphatic heterocycles. The van der Waals surface area contributed by atoms with Crippen LogP contribution >= 0.6 is 15.9 Å². The van der Waals surface area contributed by atoms with E-state index in [-0.39, 0.29) is 6.04 Å². The van der Waals surface area contributed by atoms with Gasteiger partial charge in [0.15, 0.2) is 11.7 Å². The summed E-state index contributed by atoms with van der Waals surface area (Å²) < 4.78 is 1.03. The highest BCUT2D eigenvalue weighted by atomic mass is 79.9. The van der Waals surface area contributed by atoms with Crippen LogP contribution in [-0.4, -0.2) is 65.9 Å². The predicted octanol–water partition coefficient (Wildman–Crippen LogP) is 2.87. The third-order valence-corrected chi connectivity index (χ3v) is 5.90. The zero-order valence-electron chi connectivity index (χ0n) is 14.3. The fourth-order valence-electron chi connectivity index (χ4n) is 4.15. The number of hydrogen-bond donors (Lipinski definition) is 0. The van der Waals surface area contributed by atoms with Gasteiger partial charge in [-0.2, -0.15) is 5.10 Å². The Bertz CT molecular complexity index is 801. The van der Waals surface area contributed by atoms with E-state index in [9.17, 15) is 0 Å². The molecule has 1 aromatic carbocycles. The number of hydrogen-bond acceptors (Lipinski definition) is 6. The van der Waals surface area contributed by atoms with Crippen molar-refractivity contribution < 1.29 is 0 Å². The monoisotopic (exact) mass is 400 g/mol. The number of nitrogens with zero attached hydrogens (tertiary/aromatic N) is 6. The topological polar surface area (TPSA) is 46.8 Å². The summed E-state index contributed by atoms with van der Waals surface area (Å²) in [5.74, 6) is 1.86. The summed E-state index contributed by atoms with van der Waals surface area (Å²) in [5.41, 5.74) is 1.94. The van der Waals surface area contributed by atoms with Gasteiger partial charge in [-0.3, -0.25) is 9.89 Å². The second-order valence-electron chi connectivity index (χ2n) is 7.12. The van der Waals surface area contributed by atoms with Gasteiger partial charge in [0, 0.05) is 36.4 Å². The first kappa shape index (κ1) is 15.5. The average Bonchev–Trinajstić information content (AvgIpc) is 3.08. The molecule has 6 nitrogen and oxygen atoms in total. The van der Waals surface area contributed by atoms with E-state index >= 15 is 0 Å². The molecule has 0 saturated carbocycles. The number of aliphatic imine (C=N–C) groups is 2. The van der Waals surface area contributed by atoms with E-state index in [1.807, 2.05) is 17.3 Å². The molecular formula is C18H21BrN6. The molecule has 0 spiro atoms. The third kappa shape index (κ3) is 2.60. The zero-order chi connectivity index (χ0) is 17.0. The van der Waals surface area contributed by atoms with E-state index in [4.69, 9.17) is 9.98 Å². The molecule has 2 atom stereocenters. The predicted molar refractivity (Wildman–Crippen MR) is 105 cm³/mol. The lowest BCUT2D eigenvalue weighted by Crippen LogP contribution is -2.56. The van der Waals surface area contributed by atoms with E-state index < -0.39 is 0 Å². The minimum Gasteiger partial charge on any atom is -0.351 e. The van der Waals surface area contributed by atoms with Gasteiger partial charge in [-0.25, -0.2) is 10.0 Å². The molecule has 2 unspecified atom stereocenters. The Hall–Kier alpha value is -1.73. The molecule has 0 radical (unpaired) electrons. The first-order valence-corrected chi connectivity index (χ1v) is 9.78. The van der Waals surface area contributed by atoms with Gasteiger partial charge < -0.3 is 4.90 Å². The zero-order valence-corrected chi connectivity index (χ0v) is 15.9. The quantitative estimate of drug-likeness (QED) is 0.672.